The van der Waals surface area contributed by atoms with Crippen LogP contribution in [-0.2, 0) is 6.54 Å². The van der Waals surface area contributed by atoms with Gasteiger partial charge >= 0.3 is 0 Å². The van der Waals surface area contributed by atoms with Crippen LogP contribution in [0.2, 0.25) is 5.02 Å². The molecule has 4 heteroatoms. The van der Waals surface area contributed by atoms with E-state index in [4.69, 9.17) is 16.7 Å². The molecule has 0 fully saturated rings. The standard InChI is InChI=1S/C6H9ClN2O/c1-5(10)3-9-4-6(7)2-8-9/h2,4-5,10H,3H2,1H3/t5-/m0/s1. The molecular weight excluding hydrogens is 152 g/mol. The van der Waals surface area contributed by atoms with Crippen LogP contribution in [0.25, 0.3) is 0 Å². The van der Waals surface area contributed by atoms with Gasteiger partial charge in [0.2, 0.25) is 0 Å². The van der Waals surface area contributed by atoms with Crippen molar-refractivity contribution in [3.05, 3.63) is 17.4 Å². The Kier molecular flexibility index (Phi) is 2.29. The smallest absolute Gasteiger partial charge is 0.0785 e. The number of aromatic nitrogens is 2. The Bertz CT molecular complexity index is 209. The van der Waals surface area contributed by atoms with E-state index in [0.29, 0.717) is 11.6 Å². The van der Waals surface area contributed by atoms with Crippen LogP contribution in [0.3, 0.4) is 0 Å². The third kappa shape index (κ3) is 2.01. The SMILES string of the molecule is C[C@H](O)Cn1cc(Cl)cn1. The average Bonchev–Trinajstić information content (AvgIpc) is 2.13. The van der Waals surface area contributed by atoms with Crippen molar-refractivity contribution in [1.82, 2.24) is 9.78 Å². The van der Waals surface area contributed by atoms with Gasteiger partial charge < -0.3 is 5.11 Å². The molecule has 0 aliphatic carbocycles. The van der Waals surface area contributed by atoms with E-state index in [9.17, 15) is 0 Å². The molecule has 0 saturated heterocycles. The van der Waals surface area contributed by atoms with Crippen molar-refractivity contribution in [2.45, 2.75) is 19.6 Å². The van der Waals surface area contributed by atoms with Crippen LogP contribution in [0.4, 0.5) is 0 Å². The maximum absolute atomic E-state index is 8.91. The zero-order valence-electron chi connectivity index (χ0n) is 5.66. The second-order valence-corrected chi connectivity index (χ2v) is 2.67. The van der Waals surface area contributed by atoms with Crippen molar-refractivity contribution in [2.24, 2.45) is 0 Å². The number of hydrogen-bond acceptors (Lipinski definition) is 2. The fourth-order valence-corrected chi connectivity index (χ4v) is 0.865. The summed E-state index contributed by atoms with van der Waals surface area (Å²) in [5, 5.41) is 13.4. The number of nitrogens with zero attached hydrogens (tertiary/aromatic N) is 2. The molecule has 0 saturated carbocycles. The van der Waals surface area contributed by atoms with Gasteiger partial charge in [-0.2, -0.15) is 5.10 Å². The van der Waals surface area contributed by atoms with Gasteiger partial charge in [-0.25, -0.2) is 0 Å². The summed E-state index contributed by atoms with van der Waals surface area (Å²) < 4.78 is 1.60. The Labute approximate surface area is 64.2 Å². The number of aliphatic hydroxyl groups excluding tert-OH is 1. The van der Waals surface area contributed by atoms with Gasteiger partial charge in [0.1, 0.15) is 0 Å². The second-order valence-electron chi connectivity index (χ2n) is 2.23. The molecule has 0 spiro atoms. The van der Waals surface area contributed by atoms with Crippen molar-refractivity contribution < 1.29 is 5.11 Å². The van der Waals surface area contributed by atoms with Crippen LogP contribution in [0, 0.1) is 0 Å². The van der Waals surface area contributed by atoms with Crippen LogP contribution in [0.5, 0.6) is 0 Å². The average molecular weight is 161 g/mol. The Morgan fingerprint density at radius 3 is 3.00 bits per heavy atom. The van der Waals surface area contributed by atoms with E-state index in [-0.39, 0.29) is 6.10 Å². The summed E-state index contributed by atoms with van der Waals surface area (Å²) in [6.45, 7) is 2.20. The molecule has 1 heterocycles. The molecule has 56 valence electrons. The Hall–Kier alpha value is -0.540. The summed E-state index contributed by atoms with van der Waals surface area (Å²) >= 11 is 5.58. The molecule has 0 amide bonds. The van der Waals surface area contributed by atoms with E-state index in [1.807, 2.05) is 0 Å². The molecule has 0 aliphatic heterocycles. The first-order valence-corrected chi connectivity index (χ1v) is 3.42. The maximum atomic E-state index is 8.91. The molecule has 0 bridgehead atoms. The minimum absolute atomic E-state index is 0.379. The van der Waals surface area contributed by atoms with E-state index in [1.54, 1.807) is 24.0 Å². The van der Waals surface area contributed by atoms with Gasteiger partial charge in [-0.3, -0.25) is 4.68 Å². The molecule has 0 unspecified atom stereocenters. The zero-order valence-corrected chi connectivity index (χ0v) is 6.41. The van der Waals surface area contributed by atoms with Crippen LogP contribution in [-0.4, -0.2) is 21.0 Å². The maximum Gasteiger partial charge on any atom is 0.0785 e. The second kappa shape index (κ2) is 3.03. The molecule has 0 radical (unpaired) electrons. The van der Waals surface area contributed by atoms with E-state index in [2.05, 4.69) is 5.10 Å². The predicted molar refractivity (Wildman–Crippen MR) is 38.9 cm³/mol. The number of hydrogen-bond donors (Lipinski definition) is 1. The Morgan fingerprint density at radius 2 is 2.60 bits per heavy atom. The largest absolute Gasteiger partial charge is 0.391 e. The van der Waals surface area contributed by atoms with Crippen molar-refractivity contribution >= 4 is 11.6 Å². The molecule has 1 aromatic heterocycles. The lowest BCUT2D eigenvalue weighted by molar-refractivity contribution is 0.168. The van der Waals surface area contributed by atoms with Gasteiger partial charge in [0.25, 0.3) is 0 Å². The minimum Gasteiger partial charge on any atom is -0.391 e. The first kappa shape index (κ1) is 7.57. The van der Waals surface area contributed by atoms with E-state index in [0.717, 1.165) is 0 Å². The fraction of sp³-hybridized carbons (Fsp3) is 0.500. The highest BCUT2D eigenvalue weighted by molar-refractivity contribution is 6.30. The highest BCUT2D eigenvalue weighted by atomic mass is 35.5. The molecule has 1 rings (SSSR count). The van der Waals surface area contributed by atoms with Crippen molar-refractivity contribution in [1.29, 1.82) is 0 Å². The number of aliphatic hydroxyl groups is 1. The number of halogens is 1. The van der Waals surface area contributed by atoms with Crippen molar-refractivity contribution in [2.75, 3.05) is 0 Å². The number of rotatable bonds is 2. The molecule has 1 aromatic rings. The lowest BCUT2D eigenvalue weighted by atomic mass is 10.4. The quantitative estimate of drug-likeness (QED) is 0.699. The molecule has 0 aliphatic rings. The summed E-state index contributed by atoms with van der Waals surface area (Å²) in [6, 6.07) is 0. The van der Waals surface area contributed by atoms with Gasteiger partial charge in [0.05, 0.1) is 23.9 Å². The summed E-state index contributed by atoms with van der Waals surface area (Å²) in [5.41, 5.74) is 0. The van der Waals surface area contributed by atoms with E-state index in [1.165, 1.54) is 0 Å². The molecule has 10 heavy (non-hydrogen) atoms. The predicted octanol–water partition coefficient (Wildman–Crippen LogP) is 0.917. The molecule has 0 aromatic carbocycles. The van der Waals surface area contributed by atoms with Gasteiger partial charge in [0.15, 0.2) is 0 Å². The third-order valence-corrected chi connectivity index (χ3v) is 1.25. The molecule has 3 nitrogen and oxygen atoms in total. The Morgan fingerprint density at radius 1 is 1.90 bits per heavy atom. The summed E-state index contributed by atoms with van der Waals surface area (Å²) in [6.07, 6.45) is 2.84. The third-order valence-electron chi connectivity index (χ3n) is 1.05. The topological polar surface area (TPSA) is 38.0 Å². The van der Waals surface area contributed by atoms with Crippen LogP contribution in [0.1, 0.15) is 6.92 Å². The van der Waals surface area contributed by atoms with Crippen molar-refractivity contribution in [3.8, 4) is 0 Å². The normalized spacial score (nSPS) is 13.5. The fourth-order valence-electron chi connectivity index (χ4n) is 0.709. The minimum atomic E-state index is -0.379. The summed E-state index contributed by atoms with van der Waals surface area (Å²) in [4.78, 5) is 0. The van der Waals surface area contributed by atoms with Gasteiger partial charge in [-0.1, -0.05) is 11.6 Å². The van der Waals surface area contributed by atoms with Crippen LogP contribution < -0.4 is 0 Å². The molecule has 1 atom stereocenters. The zero-order chi connectivity index (χ0) is 7.56. The van der Waals surface area contributed by atoms with Crippen LogP contribution >= 0.6 is 11.6 Å². The molecular formula is C6H9ClN2O. The van der Waals surface area contributed by atoms with E-state index >= 15 is 0 Å². The lowest BCUT2D eigenvalue weighted by Gasteiger charge is -2.01. The first-order valence-electron chi connectivity index (χ1n) is 3.04. The lowest BCUT2D eigenvalue weighted by Crippen LogP contribution is -2.11. The Balaban J connectivity index is 2.58. The van der Waals surface area contributed by atoms with Crippen LogP contribution in [0.15, 0.2) is 12.4 Å². The summed E-state index contributed by atoms with van der Waals surface area (Å²) in [5.74, 6) is 0. The monoisotopic (exact) mass is 160 g/mol. The van der Waals surface area contributed by atoms with E-state index < -0.39 is 0 Å². The van der Waals surface area contributed by atoms with Gasteiger partial charge in [-0.15, -0.1) is 0 Å². The highest BCUT2D eigenvalue weighted by Gasteiger charge is 1.98. The first-order chi connectivity index (χ1) is 4.68. The van der Waals surface area contributed by atoms with Crippen molar-refractivity contribution in [3.63, 3.8) is 0 Å². The molecule has 1 N–H and O–H groups in total. The van der Waals surface area contributed by atoms with Gasteiger partial charge in [-0.05, 0) is 6.92 Å². The highest BCUT2D eigenvalue weighted by Crippen LogP contribution is 2.04. The van der Waals surface area contributed by atoms with Gasteiger partial charge in [0, 0.05) is 6.20 Å². The summed E-state index contributed by atoms with van der Waals surface area (Å²) in [7, 11) is 0.